The summed E-state index contributed by atoms with van der Waals surface area (Å²) in [5.41, 5.74) is 3.63. The van der Waals surface area contributed by atoms with Crippen LogP contribution in [0, 0.1) is 0 Å². The van der Waals surface area contributed by atoms with Crippen molar-refractivity contribution < 1.29 is 14.1 Å². The molecule has 0 radical (unpaired) electrons. The Bertz CT molecular complexity index is 969. The molecular formula is C22H28N3O3+. The van der Waals surface area contributed by atoms with Gasteiger partial charge in [0.15, 0.2) is 5.58 Å². The fourth-order valence-corrected chi connectivity index (χ4v) is 3.29. The van der Waals surface area contributed by atoms with Gasteiger partial charge in [-0.1, -0.05) is 36.4 Å². The van der Waals surface area contributed by atoms with Gasteiger partial charge < -0.3 is 14.6 Å². The van der Waals surface area contributed by atoms with Crippen LogP contribution in [0.4, 0.5) is 0 Å². The number of aromatic nitrogens is 1. The molecule has 0 spiro atoms. The number of aryl methyl sites for hydroxylation is 1. The zero-order valence-electron chi connectivity index (χ0n) is 16.5. The highest BCUT2D eigenvalue weighted by Gasteiger charge is 2.10. The van der Waals surface area contributed by atoms with Crippen molar-refractivity contribution in [2.45, 2.75) is 39.9 Å². The molecule has 3 aromatic rings. The maximum absolute atomic E-state index is 12.2. The maximum Gasteiger partial charge on any atom is 0.419 e. The van der Waals surface area contributed by atoms with Gasteiger partial charge in [0, 0.05) is 25.1 Å². The van der Waals surface area contributed by atoms with Crippen molar-refractivity contribution in [1.82, 2.24) is 9.88 Å². The quantitative estimate of drug-likeness (QED) is 0.592. The molecule has 6 heteroatoms. The van der Waals surface area contributed by atoms with Gasteiger partial charge in [-0.05, 0) is 31.5 Å². The summed E-state index contributed by atoms with van der Waals surface area (Å²) in [6, 6.07) is 15.6. The van der Waals surface area contributed by atoms with Crippen molar-refractivity contribution in [1.29, 1.82) is 0 Å². The number of para-hydroxylation sites is 2. The summed E-state index contributed by atoms with van der Waals surface area (Å²) in [5, 5.41) is 2.92. The summed E-state index contributed by atoms with van der Waals surface area (Å²) in [4.78, 5) is 25.7. The standard InChI is InChI=1S/C22H27N3O3/c1-3-24(4-2)16-18-11-9-17(10-12-18)15-23-21(26)13-14-25-19-7-5-6-8-20(19)28-22(25)27/h5-12H,3-4,13-16H2,1-2H3,(H,23,26)/p+1. The van der Waals surface area contributed by atoms with Gasteiger partial charge in [0.05, 0.1) is 18.6 Å². The zero-order valence-corrected chi connectivity index (χ0v) is 16.5. The van der Waals surface area contributed by atoms with E-state index in [-0.39, 0.29) is 12.3 Å². The SMILES string of the molecule is CC[NH+](CC)Cc1ccc(CNC(=O)CCn2c(=O)oc3ccccc32)cc1. The lowest BCUT2D eigenvalue weighted by atomic mass is 10.1. The number of oxazole rings is 1. The lowest BCUT2D eigenvalue weighted by molar-refractivity contribution is -0.910. The molecule has 2 aromatic carbocycles. The number of fused-ring (bicyclic) bond motifs is 1. The molecule has 148 valence electrons. The third-order valence-corrected chi connectivity index (χ3v) is 5.10. The average molecular weight is 382 g/mol. The number of hydrogen-bond acceptors (Lipinski definition) is 3. The van der Waals surface area contributed by atoms with Crippen molar-refractivity contribution in [3.8, 4) is 0 Å². The highest BCUT2D eigenvalue weighted by molar-refractivity contribution is 5.76. The highest BCUT2D eigenvalue weighted by Crippen LogP contribution is 2.12. The van der Waals surface area contributed by atoms with Gasteiger partial charge in [-0.25, -0.2) is 4.79 Å². The van der Waals surface area contributed by atoms with Gasteiger partial charge in [-0.15, -0.1) is 0 Å². The van der Waals surface area contributed by atoms with Crippen LogP contribution in [0.1, 0.15) is 31.4 Å². The first-order valence-corrected chi connectivity index (χ1v) is 9.87. The summed E-state index contributed by atoms with van der Waals surface area (Å²) < 4.78 is 6.69. The van der Waals surface area contributed by atoms with Crippen LogP contribution < -0.4 is 16.0 Å². The van der Waals surface area contributed by atoms with E-state index in [2.05, 4.69) is 43.4 Å². The predicted molar refractivity (Wildman–Crippen MR) is 109 cm³/mol. The lowest BCUT2D eigenvalue weighted by Gasteiger charge is -2.15. The Labute approximate surface area is 164 Å². The van der Waals surface area contributed by atoms with Crippen LogP contribution >= 0.6 is 0 Å². The molecule has 6 nitrogen and oxygen atoms in total. The molecule has 1 aromatic heterocycles. The van der Waals surface area contributed by atoms with Crippen LogP contribution in [-0.2, 0) is 24.4 Å². The number of nitrogens with zero attached hydrogens (tertiary/aromatic N) is 1. The normalized spacial score (nSPS) is 11.2. The second-order valence-electron chi connectivity index (χ2n) is 6.96. The van der Waals surface area contributed by atoms with Crippen molar-refractivity contribution >= 4 is 17.0 Å². The van der Waals surface area contributed by atoms with Crippen LogP contribution in [0.25, 0.3) is 11.1 Å². The molecule has 1 amide bonds. The number of carbonyl (C=O) groups excluding carboxylic acids is 1. The largest absolute Gasteiger partial charge is 0.419 e. The van der Waals surface area contributed by atoms with Crippen LogP contribution in [0.15, 0.2) is 57.7 Å². The molecule has 0 aliphatic carbocycles. The summed E-state index contributed by atoms with van der Waals surface area (Å²) in [5.74, 6) is -0.520. The lowest BCUT2D eigenvalue weighted by Crippen LogP contribution is -3.10. The van der Waals surface area contributed by atoms with E-state index in [0.29, 0.717) is 24.2 Å². The van der Waals surface area contributed by atoms with E-state index in [4.69, 9.17) is 4.42 Å². The first-order valence-electron chi connectivity index (χ1n) is 9.87. The van der Waals surface area contributed by atoms with Gasteiger partial charge in [0.1, 0.15) is 6.54 Å². The number of hydrogen-bond donors (Lipinski definition) is 2. The van der Waals surface area contributed by atoms with Gasteiger partial charge in [0.2, 0.25) is 5.91 Å². The average Bonchev–Trinajstić information content (AvgIpc) is 3.04. The van der Waals surface area contributed by atoms with E-state index in [1.54, 1.807) is 11.0 Å². The van der Waals surface area contributed by atoms with Crippen LogP contribution in [0.5, 0.6) is 0 Å². The van der Waals surface area contributed by atoms with Gasteiger partial charge in [-0.2, -0.15) is 0 Å². The molecule has 0 aliphatic heterocycles. The molecular weight excluding hydrogens is 354 g/mol. The molecule has 28 heavy (non-hydrogen) atoms. The topological polar surface area (TPSA) is 68.7 Å². The molecule has 0 bridgehead atoms. The van der Waals surface area contributed by atoms with Gasteiger partial charge in [-0.3, -0.25) is 9.36 Å². The minimum absolute atomic E-state index is 0.0890. The van der Waals surface area contributed by atoms with E-state index in [0.717, 1.165) is 25.2 Å². The Kier molecular flexibility index (Phi) is 6.66. The molecule has 0 fully saturated rings. The first-order chi connectivity index (χ1) is 13.6. The summed E-state index contributed by atoms with van der Waals surface area (Å²) in [6.45, 7) is 8.43. The Balaban J connectivity index is 1.50. The molecule has 0 saturated carbocycles. The Morgan fingerprint density at radius 2 is 1.71 bits per heavy atom. The van der Waals surface area contributed by atoms with E-state index >= 15 is 0 Å². The number of rotatable bonds is 9. The van der Waals surface area contributed by atoms with Crippen LogP contribution in [-0.4, -0.2) is 23.6 Å². The molecule has 3 rings (SSSR count). The highest BCUT2D eigenvalue weighted by atomic mass is 16.4. The van der Waals surface area contributed by atoms with Gasteiger partial charge in [0.25, 0.3) is 0 Å². The minimum Gasteiger partial charge on any atom is -0.408 e. The van der Waals surface area contributed by atoms with Gasteiger partial charge >= 0.3 is 5.76 Å². The fourth-order valence-electron chi connectivity index (χ4n) is 3.29. The Hall–Kier alpha value is -2.86. The zero-order chi connectivity index (χ0) is 19.9. The number of nitrogens with one attached hydrogen (secondary N) is 2. The number of benzene rings is 2. The maximum atomic E-state index is 12.2. The minimum atomic E-state index is -0.431. The van der Waals surface area contributed by atoms with Crippen molar-refractivity contribution in [3.63, 3.8) is 0 Å². The monoisotopic (exact) mass is 382 g/mol. The van der Waals surface area contributed by atoms with Crippen LogP contribution in [0.3, 0.4) is 0 Å². The molecule has 0 atom stereocenters. The van der Waals surface area contributed by atoms with Crippen molar-refractivity contribution in [2.75, 3.05) is 13.1 Å². The van der Waals surface area contributed by atoms with Crippen molar-refractivity contribution in [2.24, 2.45) is 0 Å². The molecule has 0 unspecified atom stereocenters. The Morgan fingerprint density at radius 3 is 2.43 bits per heavy atom. The number of quaternary nitrogens is 1. The third-order valence-electron chi connectivity index (χ3n) is 5.10. The molecule has 2 N–H and O–H groups in total. The number of amides is 1. The molecule has 1 heterocycles. The number of carbonyl (C=O) groups is 1. The van der Waals surface area contributed by atoms with Crippen LogP contribution in [0.2, 0.25) is 0 Å². The molecule has 0 aliphatic rings. The third kappa shape index (κ3) is 4.89. The summed E-state index contributed by atoms with van der Waals surface area (Å²) >= 11 is 0. The predicted octanol–water partition coefficient (Wildman–Crippen LogP) is 1.73. The fraction of sp³-hybridized carbons (Fsp3) is 0.364. The van der Waals surface area contributed by atoms with Crippen molar-refractivity contribution in [3.05, 3.63) is 70.2 Å². The Morgan fingerprint density at radius 1 is 1.04 bits per heavy atom. The summed E-state index contributed by atoms with van der Waals surface area (Å²) in [6.07, 6.45) is 0.229. The first kappa shape index (κ1) is 19.9. The molecule has 0 saturated heterocycles. The second-order valence-corrected chi connectivity index (χ2v) is 6.96. The second kappa shape index (κ2) is 9.37. The smallest absolute Gasteiger partial charge is 0.408 e. The van der Waals surface area contributed by atoms with E-state index in [1.165, 1.54) is 10.1 Å². The van der Waals surface area contributed by atoms with E-state index in [1.807, 2.05) is 18.2 Å². The summed E-state index contributed by atoms with van der Waals surface area (Å²) in [7, 11) is 0. The van der Waals surface area contributed by atoms with E-state index < -0.39 is 5.76 Å². The van der Waals surface area contributed by atoms with E-state index in [9.17, 15) is 9.59 Å².